The van der Waals surface area contributed by atoms with Crippen molar-refractivity contribution >= 4 is 23.9 Å². The molecule has 8 nitrogen and oxygen atoms in total. The molecule has 0 bridgehead atoms. The van der Waals surface area contributed by atoms with Gasteiger partial charge in [-0.1, -0.05) is 70.5 Å². The molecule has 266 valence electrons. The third-order valence-electron chi connectivity index (χ3n) is 5.67. The predicted octanol–water partition coefficient (Wildman–Crippen LogP) is 8.69. The van der Waals surface area contributed by atoms with Crippen molar-refractivity contribution in [3.8, 4) is 11.5 Å². The maximum Gasteiger partial charge on any atom is 0.573 e. The molecule has 0 spiro atoms. The van der Waals surface area contributed by atoms with E-state index in [-0.39, 0.29) is 18.5 Å². The molecule has 0 fully saturated rings. The average Bonchev–Trinajstić information content (AvgIpc) is 3.01. The molecule has 0 unspecified atom stereocenters. The number of rotatable bonds is 11. The molecule has 3 aromatic carbocycles. The summed E-state index contributed by atoms with van der Waals surface area (Å²) < 4.78 is 82.6. The number of benzene rings is 3. The number of alkyl halides is 6. The van der Waals surface area contributed by atoms with E-state index < -0.39 is 42.0 Å². The number of nitrogens with one attached hydrogen (secondary N) is 2. The highest BCUT2D eigenvalue weighted by Gasteiger charge is 2.32. The van der Waals surface area contributed by atoms with Gasteiger partial charge < -0.3 is 25.2 Å². The SMILES string of the molecule is CC.CCC.CNCCC(=O)O.Cc1cc(OC(F)(F)F)ccc1NC(=O)[C@@H](Cc1ccc(C=O)cc1)c1ccc(OC(F)(F)F)cc1. The number of ether oxygens (including phenoxy) is 2. The molecule has 0 saturated carbocycles. The summed E-state index contributed by atoms with van der Waals surface area (Å²) in [4.78, 5) is 33.9. The molecule has 14 heteroatoms. The minimum Gasteiger partial charge on any atom is -0.481 e. The normalized spacial score (nSPS) is 11.2. The number of anilines is 1. The van der Waals surface area contributed by atoms with Gasteiger partial charge in [0.1, 0.15) is 17.8 Å². The van der Waals surface area contributed by atoms with E-state index in [1.807, 2.05) is 13.8 Å². The largest absolute Gasteiger partial charge is 0.573 e. The number of carbonyl (C=O) groups is 3. The molecule has 3 N–H and O–H groups in total. The average molecular weight is 689 g/mol. The molecular weight excluding hydrogens is 646 g/mol. The van der Waals surface area contributed by atoms with Crippen molar-refractivity contribution in [3.05, 3.63) is 89.0 Å². The van der Waals surface area contributed by atoms with Crippen LogP contribution >= 0.6 is 0 Å². The van der Waals surface area contributed by atoms with E-state index in [4.69, 9.17) is 5.11 Å². The van der Waals surface area contributed by atoms with Gasteiger partial charge in [-0.2, -0.15) is 0 Å². The van der Waals surface area contributed by atoms with Crippen LogP contribution < -0.4 is 20.1 Å². The van der Waals surface area contributed by atoms with Crippen molar-refractivity contribution in [2.75, 3.05) is 18.9 Å². The highest BCUT2D eigenvalue weighted by molar-refractivity contribution is 5.96. The van der Waals surface area contributed by atoms with Gasteiger partial charge in [0.2, 0.25) is 5.91 Å². The summed E-state index contributed by atoms with van der Waals surface area (Å²) in [5.41, 5.74) is 1.99. The van der Waals surface area contributed by atoms with Crippen molar-refractivity contribution in [1.29, 1.82) is 0 Å². The Balaban J connectivity index is 0.00000159. The van der Waals surface area contributed by atoms with Crippen molar-refractivity contribution in [3.63, 3.8) is 0 Å². The third kappa shape index (κ3) is 18.5. The first kappa shape index (κ1) is 43.4. The van der Waals surface area contributed by atoms with E-state index in [1.165, 1.54) is 31.5 Å². The Labute approximate surface area is 276 Å². The van der Waals surface area contributed by atoms with Crippen LogP contribution in [0.5, 0.6) is 11.5 Å². The summed E-state index contributed by atoms with van der Waals surface area (Å²) in [5.74, 6) is -3.11. The van der Waals surface area contributed by atoms with E-state index in [9.17, 15) is 40.7 Å². The number of aryl methyl sites for hydroxylation is 1. The number of hydrogen-bond acceptors (Lipinski definition) is 6. The number of carboxylic acids is 1. The molecular formula is C34H42F6N2O6. The second-order valence-corrected chi connectivity index (χ2v) is 9.70. The molecule has 3 rings (SSSR count). The van der Waals surface area contributed by atoms with Gasteiger partial charge in [0.05, 0.1) is 12.3 Å². The molecule has 0 aliphatic carbocycles. The number of hydrogen-bond donors (Lipinski definition) is 3. The number of aldehydes is 1. The second kappa shape index (κ2) is 22.1. The lowest BCUT2D eigenvalue weighted by Gasteiger charge is -2.19. The number of carboxylic acid groups (broad SMARTS) is 1. The van der Waals surface area contributed by atoms with Crippen LogP contribution in [0.15, 0.2) is 66.7 Å². The number of amides is 1. The Bertz CT molecular complexity index is 1380. The van der Waals surface area contributed by atoms with Gasteiger partial charge in [0.25, 0.3) is 0 Å². The van der Waals surface area contributed by atoms with E-state index in [1.54, 1.807) is 31.3 Å². The Morgan fingerprint density at radius 1 is 0.854 bits per heavy atom. The van der Waals surface area contributed by atoms with Gasteiger partial charge in [-0.15, -0.1) is 26.3 Å². The zero-order valence-corrected chi connectivity index (χ0v) is 27.6. The zero-order chi connectivity index (χ0) is 36.9. The van der Waals surface area contributed by atoms with Gasteiger partial charge >= 0.3 is 18.7 Å². The molecule has 0 aromatic heterocycles. The van der Waals surface area contributed by atoms with Gasteiger partial charge in [-0.05, 0) is 67.4 Å². The fourth-order valence-corrected chi connectivity index (χ4v) is 3.66. The maximum atomic E-state index is 13.2. The minimum absolute atomic E-state index is 0.124. The van der Waals surface area contributed by atoms with Gasteiger partial charge in [0, 0.05) is 17.8 Å². The molecule has 3 aromatic rings. The first-order chi connectivity index (χ1) is 22.5. The van der Waals surface area contributed by atoms with Crippen LogP contribution in [0.1, 0.15) is 73.5 Å². The molecule has 0 radical (unpaired) electrons. The van der Waals surface area contributed by atoms with Crippen molar-refractivity contribution in [1.82, 2.24) is 5.32 Å². The van der Waals surface area contributed by atoms with Crippen molar-refractivity contribution in [2.24, 2.45) is 0 Å². The van der Waals surface area contributed by atoms with Gasteiger partial charge in [-0.3, -0.25) is 14.4 Å². The Morgan fingerprint density at radius 3 is 1.77 bits per heavy atom. The Kier molecular flexibility index (Phi) is 20.0. The van der Waals surface area contributed by atoms with Gasteiger partial charge in [-0.25, -0.2) is 0 Å². The first-order valence-electron chi connectivity index (χ1n) is 14.9. The molecule has 1 amide bonds. The lowest BCUT2D eigenvalue weighted by molar-refractivity contribution is -0.275. The molecule has 0 aliphatic rings. The first-order valence-corrected chi connectivity index (χ1v) is 14.9. The van der Waals surface area contributed by atoms with Crippen LogP contribution in [0.2, 0.25) is 0 Å². The van der Waals surface area contributed by atoms with E-state index >= 15 is 0 Å². The highest BCUT2D eigenvalue weighted by Crippen LogP contribution is 2.30. The van der Waals surface area contributed by atoms with Crippen LogP contribution in [0.3, 0.4) is 0 Å². The maximum absolute atomic E-state index is 13.2. The monoisotopic (exact) mass is 688 g/mol. The standard InChI is InChI=1S/C25H19F6NO4.C4H9NO2.C3H8.C2H6/c1-15-12-20(36-25(29,30)31)10-11-22(15)32-23(34)21(13-16-2-4-17(14-33)5-3-16)18-6-8-19(9-7-18)35-24(26,27)28;1-5-3-2-4(6)7;1-3-2;1-2/h2-12,14,21H,13H2,1H3,(H,32,34);5H,2-3H2,1H3,(H,6,7);3H2,1-2H3;1-2H3/t21-;;;/m0.../s1. The summed E-state index contributed by atoms with van der Waals surface area (Å²) in [6.45, 7) is 10.3. The highest BCUT2D eigenvalue weighted by atomic mass is 19.4. The van der Waals surface area contributed by atoms with Crippen LogP contribution in [0, 0.1) is 6.92 Å². The quantitative estimate of drug-likeness (QED) is 0.136. The molecule has 48 heavy (non-hydrogen) atoms. The van der Waals surface area contributed by atoms with Crippen LogP contribution in [0.4, 0.5) is 32.0 Å². The third-order valence-corrected chi connectivity index (χ3v) is 5.67. The lowest BCUT2D eigenvalue weighted by Crippen LogP contribution is -2.24. The van der Waals surface area contributed by atoms with E-state index in [0.717, 1.165) is 24.3 Å². The topological polar surface area (TPSA) is 114 Å². The zero-order valence-electron chi connectivity index (χ0n) is 27.6. The van der Waals surface area contributed by atoms with Gasteiger partial charge in [0.15, 0.2) is 0 Å². The lowest BCUT2D eigenvalue weighted by atomic mass is 9.90. The summed E-state index contributed by atoms with van der Waals surface area (Å²) >= 11 is 0. The summed E-state index contributed by atoms with van der Waals surface area (Å²) in [6.07, 6.45) is -7.51. The Hall–Kier alpha value is -4.59. The van der Waals surface area contributed by atoms with Crippen molar-refractivity contribution in [2.45, 2.75) is 72.5 Å². The van der Waals surface area contributed by atoms with E-state index in [2.05, 4.69) is 34.0 Å². The molecule has 0 saturated heterocycles. The summed E-state index contributed by atoms with van der Waals surface area (Å²) in [6, 6.07) is 14.6. The van der Waals surface area contributed by atoms with E-state index in [0.29, 0.717) is 35.1 Å². The molecule has 0 heterocycles. The fourth-order valence-electron chi connectivity index (χ4n) is 3.66. The smallest absolute Gasteiger partial charge is 0.481 e. The van der Waals surface area contributed by atoms with Crippen LogP contribution in [0.25, 0.3) is 0 Å². The molecule has 1 atom stereocenters. The fraction of sp³-hybridized carbons (Fsp3) is 0.382. The molecule has 0 aliphatic heterocycles. The summed E-state index contributed by atoms with van der Waals surface area (Å²) in [7, 11) is 1.73. The Morgan fingerprint density at radius 2 is 1.35 bits per heavy atom. The number of halogens is 6. The predicted molar refractivity (Wildman–Crippen MR) is 171 cm³/mol. The number of aliphatic carboxylic acids is 1. The number of carbonyl (C=O) groups excluding carboxylic acids is 2. The van der Waals surface area contributed by atoms with Crippen LogP contribution in [-0.2, 0) is 16.0 Å². The van der Waals surface area contributed by atoms with Crippen molar-refractivity contribution < 1.29 is 55.3 Å². The minimum atomic E-state index is -4.88. The summed E-state index contributed by atoms with van der Waals surface area (Å²) in [5, 5.41) is 13.4. The second-order valence-electron chi connectivity index (χ2n) is 9.70. The van der Waals surface area contributed by atoms with Crippen LogP contribution in [-0.4, -0.2) is 49.6 Å².